The fraction of sp³-hybridized carbons (Fsp3) is 0.222. The van der Waals surface area contributed by atoms with Crippen molar-refractivity contribution < 1.29 is 18.6 Å². The van der Waals surface area contributed by atoms with E-state index in [2.05, 4.69) is 20.1 Å². The van der Waals surface area contributed by atoms with Gasteiger partial charge in [-0.15, -0.1) is 5.10 Å². The Morgan fingerprint density at radius 3 is 2.18 bits per heavy atom. The van der Waals surface area contributed by atoms with Crippen molar-refractivity contribution in [3.63, 3.8) is 0 Å². The lowest BCUT2D eigenvalue weighted by atomic mass is 10.1. The van der Waals surface area contributed by atoms with E-state index in [9.17, 15) is 13.9 Å². The van der Waals surface area contributed by atoms with Crippen LogP contribution in [0.5, 0.6) is 11.8 Å². The highest BCUT2D eigenvalue weighted by Crippen LogP contribution is 2.35. The van der Waals surface area contributed by atoms with E-state index in [-0.39, 0.29) is 28.4 Å². The van der Waals surface area contributed by atoms with Crippen molar-refractivity contribution in [2.45, 2.75) is 13.2 Å². The van der Waals surface area contributed by atoms with Crippen molar-refractivity contribution in [3.05, 3.63) is 93.6 Å². The van der Waals surface area contributed by atoms with E-state index in [1.54, 1.807) is 0 Å². The summed E-state index contributed by atoms with van der Waals surface area (Å²) in [6.07, 6.45) is 1.49. The Morgan fingerprint density at radius 1 is 0.868 bits per heavy atom. The van der Waals surface area contributed by atoms with Gasteiger partial charge >= 0.3 is 6.01 Å². The molecule has 7 nitrogen and oxygen atoms in total. The molecule has 2 heterocycles. The van der Waals surface area contributed by atoms with Crippen molar-refractivity contribution in [2.75, 3.05) is 31.1 Å². The van der Waals surface area contributed by atoms with Gasteiger partial charge in [-0.25, -0.2) is 13.8 Å². The lowest BCUT2D eigenvalue weighted by Crippen LogP contribution is -2.46. The van der Waals surface area contributed by atoms with Gasteiger partial charge in [0, 0.05) is 44.4 Å². The first kappa shape index (κ1) is 26.1. The van der Waals surface area contributed by atoms with Crippen molar-refractivity contribution >= 4 is 28.9 Å². The highest BCUT2D eigenvalue weighted by molar-refractivity contribution is 6.37. The molecule has 11 heteroatoms. The van der Waals surface area contributed by atoms with Crippen LogP contribution >= 0.6 is 23.2 Å². The maximum Gasteiger partial charge on any atom is 0.336 e. The van der Waals surface area contributed by atoms with Gasteiger partial charge < -0.3 is 14.7 Å². The Labute approximate surface area is 228 Å². The quantitative estimate of drug-likeness (QED) is 0.311. The number of rotatable bonds is 7. The van der Waals surface area contributed by atoms with Gasteiger partial charge in [-0.3, -0.25) is 4.90 Å². The molecule has 38 heavy (non-hydrogen) atoms. The molecular weight excluding hydrogens is 535 g/mol. The lowest BCUT2D eigenvalue weighted by molar-refractivity contribution is 0.249. The van der Waals surface area contributed by atoms with Gasteiger partial charge in [0.2, 0.25) is 0 Å². The zero-order valence-electron chi connectivity index (χ0n) is 20.1. The second kappa shape index (κ2) is 11.5. The molecule has 3 aromatic carbocycles. The fourth-order valence-electron chi connectivity index (χ4n) is 4.21. The molecule has 0 saturated carbocycles. The first-order chi connectivity index (χ1) is 18.4. The van der Waals surface area contributed by atoms with Crippen LogP contribution in [0.4, 0.5) is 14.5 Å². The van der Waals surface area contributed by atoms with Crippen LogP contribution in [-0.4, -0.2) is 51.4 Å². The van der Waals surface area contributed by atoms with Crippen LogP contribution in [0.1, 0.15) is 11.1 Å². The maximum atomic E-state index is 14.1. The summed E-state index contributed by atoms with van der Waals surface area (Å²) in [5, 5.41) is 18.0. The highest BCUT2D eigenvalue weighted by atomic mass is 35.5. The molecule has 0 spiro atoms. The second-order valence-electron chi connectivity index (χ2n) is 8.88. The third-order valence-electron chi connectivity index (χ3n) is 6.27. The summed E-state index contributed by atoms with van der Waals surface area (Å²) in [5.74, 6) is -1.28. The van der Waals surface area contributed by atoms with Crippen molar-refractivity contribution in [2.24, 2.45) is 0 Å². The smallest absolute Gasteiger partial charge is 0.336 e. The molecule has 0 bridgehead atoms. The summed E-state index contributed by atoms with van der Waals surface area (Å²) in [4.78, 5) is 8.44. The van der Waals surface area contributed by atoms with Crippen molar-refractivity contribution in [3.8, 4) is 23.0 Å². The average molecular weight is 558 g/mol. The Kier molecular flexibility index (Phi) is 7.87. The molecule has 1 N–H and O–H groups in total. The first-order valence-electron chi connectivity index (χ1n) is 11.9. The minimum absolute atomic E-state index is 0.112. The van der Waals surface area contributed by atoms with Crippen LogP contribution in [0.25, 0.3) is 11.3 Å². The summed E-state index contributed by atoms with van der Waals surface area (Å²) >= 11 is 11.9. The number of aromatic hydroxyl groups is 1. The molecule has 4 aromatic rings. The molecule has 0 radical (unpaired) electrons. The van der Waals surface area contributed by atoms with Crippen molar-refractivity contribution in [1.29, 1.82) is 0 Å². The van der Waals surface area contributed by atoms with E-state index in [4.69, 9.17) is 27.9 Å². The monoisotopic (exact) mass is 557 g/mol. The van der Waals surface area contributed by atoms with E-state index in [1.807, 2.05) is 29.2 Å². The van der Waals surface area contributed by atoms with E-state index < -0.39 is 11.6 Å². The summed E-state index contributed by atoms with van der Waals surface area (Å²) < 4.78 is 32.9. The third-order valence-corrected chi connectivity index (χ3v) is 6.85. The number of piperazine rings is 1. The summed E-state index contributed by atoms with van der Waals surface area (Å²) in [6.45, 7) is 3.97. The number of phenols is 1. The number of halogens is 4. The second-order valence-corrected chi connectivity index (χ2v) is 9.69. The molecule has 1 aliphatic heterocycles. The molecule has 1 aliphatic rings. The topological polar surface area (TPSA) is 74.6 Å². The minimum atomic E-state index is -0.567. The molecule has 0 aliphatic carbocycles. The van der Waals surface area contributed by atoms with Gasteiger partial charge in [0.1, 0.15) is 23.9 Å². The van der Waals surface area contributed by atoms with Gasteiger partial charge in [-0.05, 0) is 35.4 Å². The Bertz CT molecular complexity index is 1390. The van der Waals surface area contributed by atoms with Gasteiger partial charge in [0.25, 0.3) is 0 Å². The standard InChI is InChI=1S/C27H23Cl2F2N5O2/c28-21-11-19(12-22(29)26(21)37)24-14-32-27(34-33-24)38-16-18-3-1-17(2-4-18)15-35-7-9-36(10-8-35)25-6-5-20(30)13-23(25)31/h1-6,11-14,37H,7-10,15-16H2. The van der Waals surface area contributed by atoms with E-state index in [1.165, 1.54) is 30.5 Å². The Morgan fingerprint density at radius 2 is 1.55 bits per heavy atom. The Hall–Kier alpha value is -3.53. The molecule has 0 unspecified atom stereocenters. The molecule has 1 aromatic heterocycles. The average Bonchev–Trinajstić information content (AvgIpc) is 2.92. The van der Waals surface area contributed by atoms with Gasteiger partial charge in [-0.2, -0.15) is 0 Å². The van der Waals surface area contributed by atoms with Gasteiger partial charge in [0.15, 0.2) is 5.75 Å². The van der Waals surface area contributed by atoms with E-state index in [0.717, 1.165) is 36.8 Å². The predicted octanol–water partition coefficient (Wildman–Crippen LogP) is 5.73. The number of hydrogen-bond acceptors (Lipinski definition) is 7. The highest BCUT2D eigenvalue weighted by Gasteiger charge is 2.20. The van der Waals surface area contributed by atoms with Crippen LogP contribution in [0.2, 0.25) is 10.0 Å². The number of ether oxygens (including phenoxy) is 1. The SMILES string of the molecule is Oc1c(Cl)cc(-c2cnc(OCc3ccc(CN4CCN(c5ccc(F)cc5F)CC4)cc3)nn2)cc1Cl. The van der Waals surface area contributed by atoms with Gasteiger partial charge in [0.05, 0.1) is 21.9 Å². The molecule has 0 atom stereocenters. The summed E-state index contributed by atoms with van der Waals surface area (Å²) in [7, 11) is 0. The maximum absolute atomic E-state index is 14.1. The normalized spacial score (nSPS) is 14.1. The number of benzene rings is 3. The van der Waals surface area contributed by atoms with Crippen LogP contribution in [0.3, 0.4) is 0 Å². The molecular formula is C27H23Cl2F2N5O2. The van der Waals surface area contributed by atoms with Crippen LogP contribution in [0, 0.1) is 11.6 Å². The third kappa shape index (κ3) is 6.12. The first-order valence-corrected chi connectivity index (χ1v) is 12.6. The number of hydrogen-bond donors (Lipinski definition) is 1. The minimum Gasteiger partial charge on any atom is -0.505 e. The summed E-state index contributed by atoms with van der Waals surface area (Å²) in [6, 6.07) is 15.0. The van der Waals surface area contributed by atoms with Crippen LogP contribution in [0.15, 0.2) is 60.8 Å². The number of nitrogens with zero attached hydrogens (tertiary/aromatic N) is 5. The molecule has 196 valence electrons. The molecule has 0 amide bonds. The molecule has 1 saturated heterocycles. The van der Waals surface area contributed by atoms with Crippen molar-refractivity contribution in [1.82, 2.24) is 20.1 Å². The fourth-order valence-corrected chi connectivity index (χ4v) is 4.70. The lowest BCUT2D eigenvalue weighted by Gasteiger charge is -2.36. The zero-order valence-corrected chi connectivity index (χ0v) is 21.6. The predicted molar refractivity (Wildman–Crippen MR) is 142 cm³/mol. The van der Waals surface area contributed by atoms with Crippen LogP contribution < -0.4 is 9.64 Å². The molecule has 1 fully saturated rings. The number of aromatic nitrogens is 3. The Balaban J connectivity index is 1.11. The van der Waals surface area contributed by atoms with E-state index >= 15 is 0 Å². The van der Waals surface area contributed by atoms with Gasteiger partial charge in [-0.1, -0.05) is 52.6 Å². The molecule has 5 rings (SSSR count). The van der Waals surface area contributed by atoms with E-state index in [0.29, 0.717) is 30.0 Å². The summed E-state index contributed by atoms with van der Waals surface area (Å²) in [5.41, 5.74) is 3.57. The largest absolute Gasteiger partial charge is 0.505 e. The number of anilines is 1. The number of phenolic OH excluding ortho intramolecular Hbond substituents is 1. The zero-order chi connectivity index (χ0) is 26.6. The van der Waals surface area contributed by atoms with Crippen LogP contribution in [-0.2, 0) is 13.2 Å².